The van der Waals surface area contributed by atoms with Gasteiger partial charge in [0, 0.05) is 91.0 Å². The van der Waals surface area contributed by atoms with Gasteiger partial charge in [-0.15, -0.1) is 0 Å². The van der Waals surface area contributed by atoms with Crippen molar-refractivity contribution in [3.63, 3.8) is 0 Å². The number of para-hydroxylation sites is 8. The zero-order valence-electron chi connectivity index (χ0n) is 47.4. The molecule has 6 aliphatic rings. The van der Waals surface area contributed by atoms with E-state index in [0.29, 0.717) is 0 Å². The highest BCUT2D eigenvalue weighted by Crippen LogP contribution is 2.53. The summed E-state index contributed by atoms with van der Waals surface area (Å²) in [5.74, 6) is 0. The number of anilines is 18. The molecule has 0 fully saturated rings. The van der Waals surface area contributed by atoms with Crippen LogP contribution in [0, 0.1) is 0 Å². The van der Waals surface area contributed by atoms with Gasteiger partial charge in [0.05, 0.1) is 11.4 Å². The molecule has 6 aliphatic heterocycles. The summed E-state index contributed by atoms with van der Waals surface area (Å²) in [6.07, 6.45) is 0. The number of rotatable bonds is 10. The molecule has 0 amide bonds. The van der Waals surface area contributed by atoms with Gasteiger partial charge in [-0.2, -0.15) is 0 Å². The molecular formula is C78H51B3N6. The Kier molecular flexibility index (Phi) is 10.4. The van der Waals surface area contributed by atoms with Gasteiger partial charge in [0.2, 0.25) is 6.71 Å². The van der Waals surface area contributed by atoms with Gasteiger partial charge in [-0.25, -0.2) is 0 Å². The Morgan fingerprint density at radius 1 is 0.184 bits per heavy atom. The molecule has 0 N–H and O–H groups in total. The Balaban J connectivity index is 0.973. The molecule has 9 heteroatoms. The highest BCUT2D eigenvalue weighted by Gasteiger charge is 2.58. The molecule has 87 heavy (non-hydrogen) atoms. The highest BCUT2D eigenvalue weighted by molar-refractivity contribution is 7.21. The molecule has 402 valence electrons. The number of hydrogen-bond donors (Lipinski definition) is 0. The zero-order valence-corrected chi connectivity index (χ0v) is 47.4. The third-order valence-corrected chi connectivity index (χ3v) is 19.1. The Labute approximate surface area is 507 Å². The molecule has 19 rings (SSSR count). The van der Waals surface area contributed by atoms with Crippen molar-refractivity contribution in [2.45, 2.75) is 0 Å². The monoisotopic (exact) mass is 1100 g/mol. The van der Waals surface area contributed by atoms with Crippen LogP contribution in [0.15, 0.2) is 309 Å². The van der Waals surface area contributed by atoms with Crippen LogP contribution in [0.3, 0.4) is 0 Å². The van der Waals surface area contributed by atoms with E-state index in [1.165, 1.54) is 83.3 Å². The molecule has 0 atom stereocenters. The average molecular weight is 1100 g/mol. The fraction of sp³-hybridized carbons (Fsp3) is 0. The van der Waals surface area contributed by atoms with E-state index < -0.39 is 0 Å². The molecule has 0 bridgehead atoms. The van der Waals surface area contributed by atoms with Gasteiger partial charge in [-0.1, -0.05) is 186 Å². The summed E-state index contributed by atoms with van der Waals surface area (Å²) in [5.41, 5.74) is 32.9. The zero-order chi connectivity index (χ0) is 56.8. The van der Waals surface area contributed by atoms with Crippen molar-refractivity contribution < 1.29 is 0 Å². The van der Waals surface area contributed by atoms with Gasteiger partial charge in [0.25, 0.3) is 13.4 Å². The van der Waals surface area contributed by atoms with E-state index in [2.05, 4.69) is 339 Å². The van der Waals surface area contributed by atoms with Crippen molar-refractivity contribution in [2.75, 3.05) is 29.4 Å². The number of fused-ring (bicyclic) bond motifs is 2. The first-order chi connectivity index (χ1) is 43.2. The summed E-state index contributed by atoms with van der Waals surface area (Å²) in [4.78, 5) is 15.3. The topological polar surface area (TPSA) is 19.4 Å². The summed E-state index contributed by atoms with van der Waals surface area (Å²) in [7, 11) is 0. The maximum absolute atomic E-state index is 2.63. The maximum Gasteiger partial charge on any atom is 0.250 e. The van der Waals surface area contributed by atoms with E-state index in [0.717, 1.165) is 68.2 Å². The third-order valence-electron chi connectivity index (χ3n) is 19.1. The second-order valence-corrected chi connectivity index (χ2v) is 23.5. The largest absolute Gasteiger partial charge is 0.311 e. The van der Waals surface area contributed by atoms with Crippen molar-refractivity contribution in [3.8, 4) is 0 Å². The van der Waals surface area contributed by atoms with Crippen molar-refractivity contribution in [1.29, 1.82) is 0 Å². The second kappa shape index (κ2) is 18.7. The van der Waals surface area contributed by atoms with Crippen LogP contribution in [0.1, 0.15) is 0 Å². The van der Waals surface area contributed by atoms with Crippen molar-refractivity contribution >= 4 is 172 Å². The average Bonchev–Trinajstić information content (AvgIpc) is 0.686. The minimum Gasteiger partial charge on any atom is -0.311 e. The molecule has 0 aliphatic carbocycles. The standard InChI is InChI=1S/C78H51B3N6/c1-9-27-52(28-10-1)82(53-29-11-2-12-30-53)60-47-66-74-68(49-60)86(58-39-21-7-22-40-58)70-51-71-77-78-76(70)80(74)72-62(43-25-45-64(72)84(66)56-35-17-5-18-36-56)79(78)63-44-26-46-65-73(63)81(77)75-67(85(65)57-37-19-6-20-38-57)48-61(50-69(75)87(71)59-41-23-8-24-42-59)83(54-31-13-3-14-32-54)55-33-15-4-16-34-55/h1-51H. The van der Waals surface area contributed by atoms with E-state index in [1.54, 1.807) is 0 Å². The molecule has 0 saturated heterocycles. The van der Waals surface area contributed by atoms with E-state index in [4.69, 9.17) is 0 Å². The quantitative estimate of drug-likeness (QED) is 0.126. The normalized spacial score (nSPS) is 13.6. The fourth-order valence-corrected chi connectivity index (χ4v) is 16.0. The van der Waals surface area contributed by atoms with Gasteiger partial charge in [0.1, 0.15) is 0 Å². The second-order valence-electron chi connectivity index (χ2n) is 23.5. The van der Waals surface area contributed by atoms with E-state index >= 15 is 0 Å². The molecule has 6 nitrogen and oxygen atoms in total. The van der Waals surface area contributed by atoms with E-state index in [-0.39, 0.29) is 20.1 Å². The Bertz CT molecular complexity index is 4520. The first-order valence-electron chi connectivity index (χ1n) is 30.3. The lowest BCUT2D eigenvalue weighted by Gasteiger charge is -2.54. The van der Waals surface area contributed by atoms with Crippen LogP contribution in [0.4, 0.5) is 102 Å². The van der Waals surface area contributed by atoms with Crippen LogP contribution in [0.2, 0.25) is 0 Å². The predicted octanol–water partition coefficient (Wildman–Crippen LogP) is 13.9. The lowest BCUT2D eigenvalue weighted by molar-refractivity contribution is 1.21. The van der Waals surface area contributed by atoms with E-state index in [9.17, 15) is 0 Å². The van der Waals surface area contributed by atoms with Crippen LogP contribution < -0.4 is 78.6 Å². The van der Waals surface area contributed by atoms with Crippen LogP contribution >= 0.6 is 0 Å². The Morgan fingerprint density at radius 2 is 0.448 bits per heavy atom. The number of nitrogens with zero attached hydrogens (tertiary/aromatic N) is 6. The van der Waals surface area contributed by atoms with Gasteiger partial charge in [-0.05, 0) is 172 Å². The van der Waals surface area contributed by atoms with Gasteiger partial charge in [-0.3, -0.25) is 0 Å². The molecule has 13 aromatic carbocycles. The molecule has 13 aromatic rings. The molecular weight excluding hydrogens is 1050 g/mol. The minimum atomic E-state index is -0.0866. The third kappa shape index (κ3) is 6.85. The summed E-state index contributed by atoms with van der Waals surface area (Å²) in [6, 6.07) is 115. The van der Waals surface area contributed by atoms with Gasteiger partial charge < -0.3 is 29.4 Å². The fourth-order valence-electron chi connectivity index (χ4n) is 16.0. The number of hydrogen-bond acceptors (Lipinski definition) is 6. The van der Waals surface area contributed by atoms with E-state index in [1.807, 2.05) is 0 Å². The number of benzene rings is 13. The van der Waals surface area contributed by atoms with Crippen molar-refractivity contribution in [2.24, 2.45) is 0 Å². The summed E-state index contributed by atoms with van der Waals surface area (Å²) < 4.78 is 0. The van der Waals surface area contributed by atoms with Crippen molar-refractivity contribution in [3.05, 3.63) is 309 Å². The lowest BCUT2D eigenvalue weighted by Crippen LogP contribution is -2.87. The van der Waals surface area contributed by atoms with Crippen molar-refractivity contribution in [1.82, 2.24) is 0 Å². The summed E-state index contributed by atoms with van der Waals surface area (Å²) >= 11 is 0. The molecule has 0 saturated carbocycles. The van der Waals surface area contributed by atoms with Crippen LogP contribution in [0.25, 0.3) is 0 Å². The SMILES string of the molecule is c1ccc(N(c2ccccc2)c2cc3c4c(c2)N(c2ccccc2)c2cc5c6c7c2B4c2c(cccc2N3c2ccccc2)B7c2cccc3c2B6c2c(cc(N(c4ccccc4)c4ccccc4)cc2N5c2ccccc2)N3c2ccccc2)cc1. The lowest BCUT2D eigenvalue weighted by atomic mass is 9.12. The molecule has 0 radical (unpaired) electrons. The highest BCUT2D eigenvalue weighted by atomic mass is 15.2. The predicted molar refractivity (Wildman–Crippen MR) is 369 cm³/mol. The van der Waals surface area contributed by atoms with Crippen LogP contribution in [-0.4, -0.2) is 20.1 Å². The molecule has 0 unspecified atom stereocenters. The Hall–Kier alpha value is -11.1. The van der Waals surface area contributed by atoms with Crippen LogP contribution in [-0.2, 0) is 0 Å². The molecule has 0 aromatic heterocycles. The molecule has 0 spiro atoms. The first-order valence-corrected chi connectivity index (χ1v) is 30.3. The maximum atomic E-state index is 2.63. The summed E-state index contributed by atoms with van der Waals surface area (Å²) in [6.45, 7) is -0.257. The Morgan fingerprint density at radius 3 is 0.747 bits per heavy atom. The van der Waals surface area contributed by atoms with Gasteiger partial charge in [0.15, 0.2) is 0 Å². The molecule has 6 heterocycles. The minimum absolute atomic E-state index is 0.0837. The first kappa shape index (κ1) is 48.3. The smallest absolute Gasteiger partial charge is 0.250 e. The summed E-state index contributed by atoms with van der Waals surface area (Å²) in [5, 5.41) is 0. The van der Waals surface area contributed by atoms with Gasteiger partial charge >= 0.3 is 0 Å². The van der Waals surface area contributed by atoms with Crippen LogP contribution in [0.5, 0.6) is 0 Å².